The number of nitrogens with zero attached hydrogens (tertiary/aromatic N) is 2. The van der Waals surface area contributed by atoms with Crippen LogP contribution in [0.5, 0.6) is 0 Å². The molecule has 2 atom stereocenters. The molecule has 0 saturated carbocycles. The number of aromatic nitrogens is 2. The summed E-state index contributed by atoms with van der Waals surface area (Å²) in [7, 11) is 0. The lowest BCUT2D eigenvalue weighted by Crippen LogP contribution is -2.35. The van der Waals surface area contributed by atoms with E-state index in [9.17, 15) is 13.2 Å². The lowest BCUT2D eigenvalue weighted by Gasteiger charge is -2.30. The number of hydrogen-bond donors (Lipinski definition) is 1. The summed E-state index contributed by atoms with van der Waals surface area (Å²) in [6.07, 6.45) is -2.41. The van der Waals surface area contributed by atoms with Gasteiger partial charge in [0.15, 0.2) is 5.69 Å². The van der Waals surface area contributed by atoms with Crippen molar-refractivity contribution in [2.24, 2.45) is 5.92 Å². The third-order valence-electron chi connectivity index (χ3n) is 2.99. The smallest absolute Gasteiger partial charge is 0.353 e. The van der Waals surface area contributed by atoms with E-state index in [-0.39, 0.29) is 6.04 Å². The highest BCUT2D eigenvalue weighted by molar-refractivity contribution is 5.33. The van der Waals surface area contributed by atoms with Crippen LogP contribution < -0.4 is 5.32 Å². The van der Waals surface area contributed by atoms with Crippen molar-refractivity contribution in [3.05, 3.63) is 11.9 Å². The van der Waals surface area contributed by atoms with Crippen LogP contribution in [0.1, 0.15) is 26.0 Å². The van der Waals surface area contributed by atoms with E-state index in [0.29, 0.717) is 18.4 Å². The number of imidazole rings is 1. The molecule has 16 heavy (non-hydrogen) atoms. The Morgan fingerprint density at radius 2 is 2.25 bits per heavy atom. The highest BCUT2D eigenvalue weighted by Crippen LogP contribution is 2.32. The Morgan fingerprint density at radius 1 is 1.56 bits per heavy atom. The summed E-state index contributed by atoms with van der Waals surface area (Å²) >= 11 is 0. The second-order valence-electron chi connectivity index (χ2n) is 4.24. The van der Waals surface area contributed by atoms with Crippen molar-refractivity contribution in [1.29, 1.82) is 0 Å². The maximum atomic E-state index is 12.4. The van der Waals surface area contributed by atoms with Crippen molar-refractivity contribution < 1.29 is 13.2 Å². The molecular formula is C10H14F3N3. The molecular weight excluding hydrogens is 219 g/mol. The van der Waals surface area contributed by atoms with Gasteiger partial charge in [-0.3, -0.25) is 0 Å². The van der Waals surface area contributed by atoms with Crippen LogP contribution in [0, 0.1) is 5.92 Å². The first-order chi connectivity index (χ1) is 7.41. The predicted molar refractivity (Wildman–Crippen MR) is 54.1 cm³/mol. The van der Waals surface area contributed by atoms with Gasteiger partial charge in [0.1, 0.15) is 0 Å². The molecule has 90 valence electrons. The minimum absolute atomic E-state index is 0.205. The summed E-state index contributed by atoms with van der Waals surface area (Å²) in [4.78, 5) is 3.58. The van der Waals surface area contributed by atoms with Gasteiger partial charge in [-0.15, -0.1) is 0 Å². The van der Waals surface area contributed by atoms with Crippen molar-refractivity contribution in [3.63, 3.8) is 0 Å². The zero-order valence-electron chi connectivity index (χ0n) is 9.17. The van der Waals surface area contributed by atoms with Gasteiger partial charge in [-0.25, -0.2) is 4.98 Å². The molecule has 2 heterocycles. The number of hydrogen-bond acceptors (Lipinski definition) is 2. The Morgan fingerprint density at radius 3 is 2.81 bits per heavy atom. The summed E-state index contributed by atoms with van der Waals surface area (Å²) < 4.78 is 38.9. The van der Waals surface area contributed by atoms with Gasteiger partial charge in [0.2, 0.25) is 5.95 Å². The fourth-order valence-electron chi connectivity index (χ4n) is 2.06. The maximum absolute atomic E-state index is 12.4. The molecule has 0 radical (unpaired) electrons. The van der Waals surface area contributed by atoms with Crippen LogP contribution in [0.3, 0.4) is 0 Å². The van der Waals surface area contributed by atoms with E-state index in [1.54, 1.807) is 4.57 Å². The summed E-state index contributed by atoms with van der Waals surface area (Å²) in [5.41, 5.74) is -0.820. The second-order valence-corrected chi connectivity index (χ2v) is 4.24. The van der Waals surface area contributed by atoms with Gasteiger partial charge >= 0.3 is 6.18 Å². The molecule has 2 unspecified atom stereocenters. The average molecular weight is 233 g/mol. The normalized spacial score (nSPS) is 25.1. The number of rotatable bonds is 1. The minimum Gasteiger partial charge on any atom is -0.353 e. The van der Waals surface area contributed by atoms with Gasteiger partial charge in [0.25, 0.3) is 0 Å². The monoisotopic (exact) mass is 233 g/mol. The minimum atomic E-state index is -4.36. The predicted octanol–water partition coefficient (Wildman–Crippen LogP) is 2.74. The van der Waals surface area contributed by atoms with E-state index < -0.39 is 11.9 Å². The molecule has 3 nitrogen and oxygen atoms in total. The molecule has 2 rings (SSSR count). The van der Waals surface area contributed by atoms with Crippen LogP contribution in [0.2, 0.25) is 0 Å². The van der Waals surface area contributed by atoms with Gasteiger partial charge in [-0.1, -0.05) is 13.8 Å². The molecule has 1 aliphatic heterocycles. The zero-order chi connectivity index (χ0) is 11.9. The molecule has 0 aromatic carbocycles. The van der Waals surface area contributed by atoms with Crippen molar-refractivity contribution >= 4 is 5.95 Å². The van der Waals surface area contributed by atoms with Crippen LogP contribution in [0.4, 0.5) is 19.1 Å². The molecule has 1 N–H and O–H groups in total. The molecule has 1 aromatic heterocycles. The summed E-state index contributed by atoms with van der Waals surface area (Å²) in [6.45, 7) is 4.62. The van der Waals surface area contributed by atoms with E-state index in [0.717, 1.165) is 12.6 Å². The average Bonchev–Trinajstić information content (AvgIpc) is 2.58. The number of alkyl halides is 3. The van der Waals surface area contributed by atoms with Crippen molar-refractivity contribution in [1.82, 2.24) is 9.55 Å². The second kappa shape index (κ2) is 3.68. The molecule has 0 bridgehead atoms. The zero-order valence-corrected chi connectivity index (χ0v) is 9.17. The molecule has 6 heteroatoms. The Kier molecular flexibility index (Phi) is 2.59. The first-order valence-electron chi connectivity index (χ1n) is 5.32. The van der Waals surface area contributed by atoms with Gasteiger partial charge in [0.05, 0.1) is 0 Å². The lowest BCUT2D eigenvalue weighted by atomic mass is 9.98. The third kappa shape index (κ3) is 1.88. The highest BCUT2D eigenvalue weighted by Gasteiger charge is 2.36. The van der Waals surface area contributed by atoms with E-state index >= 15 is 0 Å². The summed E-state index contributed by atoms with van der Waals surface area (Å²) in [5, 5.41) is 3.04. The Balaban J connectivity index is 2.29. The van der Waals surface area contributed by atoms with E-state index in [4.69, 9.17) is 0 Å². The molecule has 1 aromatic rings. The number of fused-ring (bicyclic) bond motifs is 1. The van der Waals surface area contributed by atoms with E-state index in [1.807, 2.05) is 13.8 Å². The van der Waals surface area contributed by atoms with Crippen LogP contribution in [0.25, 0.3) is 0 Å². The molecule has 0 saturated heterocycles. The van der Waals surface area contributed by atoms with Gasteiger partial charge in [-0.2, -0.15) is 13.2 Å². The van der Waals surface area contributed by atoms with Gasteiger partial charge in [0, 0.05) is 18.8 Å². The van der Waals surface area contributed by atoms with Gasteiger partial charge < -0.3 is 9.88 Å². The Labute approximate surface area is 91.7 Å². The molecule has 0 spiro atoms. The topological polar surface area (TPSA) is 29.9 Å². The Bertz CT molecular complexity index is 383. The summed E-state index contributed by atoms with van der Waals surface area (Å²) in [5.74, 6) is 0.644. The lowest BCUT2D eigenvalue weighted by molar-refractivity contribution is -0.140. The SMILES string of the molecule is CCC1Nc2nc(C(F)(F)F)cn2CC1C. The first-order valence-corrected chi connectivity index (χ1v) is 5.32. The molecule has 0 aliphatic carbocycles. The molecule has 0 amide bonds. The number of halogens is 3. The van der Waals surface area contributed by atoms with E-state index in [2.05, 4.69) is 10.3 Å². The Hall–Kier alpha value is -1.20. The molecule has 1 aliphatic rings. The first kappa shape index (κ1) is 11.3. The largest absolute Gasteiger partial charge is 0.434 e. The van der Waals surface area contributed by atoms with Crippen LogP contribution in [-0.4, -0.2) is 15.6 Å². The van der Waals surface area contributed by atoms with Gasteiger partial charge in [-0.05, 0) is 12.3 Å². The number of nitrogens with one attached hydrogen (secondary N) is 1. The fraction of sp³-hybridized carbons (Fsp3) is 0.700. The van der Waals surface area contributed by atoms with Crippen LogP contribution in [-0.2, 0) is 12.7 Å². The quantitative estimate of drug-likeness (QED) is 0.808. The van der Waals surface area contributed by atoms with Crippen LogP contribution >= 0.6 is 0 Å². The summed E-state index contributed by atoms with van der Waals surface area (Å²) in [6, 6.07) is 0.205. The number of anilines is 1. The highest BCUT2D eigenvalue weighted by atomic mass is 19.4. The standard InChI is InChI=1S/C10H14F3N3/c1-3-7-6(2)4-16-5-8(10(11,12)13)15-9(16)14-7/h5-7H,3-4H2,1-2H3,(H,14,15). The van der Waals surface area contributed by atoms with Crippen molar-refractivity contribution in [3.8, 4) is 0 Å². The molecule has 0 fully saturated rings. The van der Waals surface area contributed by atoms with Crippen LogP contribution in [0.15, 0.2) is 6.20 Å². The van der Waals surface area contributed by atoms with E-state index in [1.165, 1.54) is 0 Å². The fourth-order valence-corrected chi connectivity index (χ4v) is 2.06. The van der Waals surface area contributed by atoms with Crippen molar-refractivity contribution in [2.75, 3.05) is 5.32 Å². The maximum Gasteiger partial charge on any atom is 0.434 e. The third-order valence-corrected chi connectivity index (χ3v) is 2.99. The van der Waals surface area contributed by atoms with Crippen molar-refractivity contribution in [2.45, 2.75) is 39.0 Å².